The Labute approximate surface area is 109 Å². The van der Waals surface area contributed by atoms with Crippen LogP contribution in [0, 0.1) is 0 Å². The van der Waals surface area contributed by atoms with E-state index in [1.54, 1.807) is 0 Å². The number of primary amides is 1. The number of methoxy groups -OCH3 is 1. The molecule has 0 aromatic heterocycles. The second-order valence-corrected chi connectivity index (χ2v) is 3.62. The van der Waals surface area contributed by atoms with Gasteiger partial charge in [-0.3, -0.25) is 9.59 Å². The summed E-state index contributed by atoms with van der Waals surface area (Å²) in [7, 11) is 1.21. The lowest BCUT2D eigenvalue weighted by Crippen LogP contribution is -2.46. The number of rotatable bonds is 8. The zero-order valence-electron chi connectivity index (χ0n) is 10.5. The molecule has 0 saturated heterocycles. The van der Waals surface area contributed by atoms with Crippen LogP contribution in [0.5, 0.6) is 0 Å². The summed E-state index contributed by atoms with van der Waals surface area (Å²) in [4.78, 5) is 43.4. The third-order valence-electron chi connectivity index (χ3n) is 2.13. The first-order valence-corrected chi connectivity index (χ1v) is 5.49. The smallest absolute Gasteiger partial charge is 0.326 e. The molecule has 3 amide bonds. The lowest BCUT2D eigenvalue weighted by atomic mass is 10.1. The van der Waals surface area contributed by atoms with Crippen LogP contribution in [-0.4, -0.2) is 48.7 Å². The van der Waals surface area contributed by atoms with Crippen LogP contribution < -0.4 is 16.4 Å². The van der Waals surface area contributed by atoms with Gasteiger partial charge < -0.3 is 26.2 Å². The van der Waals surface area contributed by atoms with Gasteiger partial charge in [0.25, 0.3) is 0 Å². The first kappa shape index (κ1) is 16.7. The van der Waals surface area contributed by atoms with Crippen molar-refractivity contribution in [1.29, 1.82) is 0 Å². The molecule has 5 N–H and O–H groups in total. The van der Waals surface area contributed by atoms with E-state index < -0.39 is 29.9 Å². The highest BCUT2D eigenvalue weighted by Gasteiger charge is 2.20. The van der Waals surface area contributed by atoms with Crippen molar-refractivity contribution in [2.24, 2.45) is 5.73 Å². The van der Waals surface area contributed by atoms with Gasteiger partial charge in [-0.25, -0.2) is 9.59 Å². The quantitative estimate of drug-likeness (QED) is 0.399. The normalized spacial score (nSPS) is 11.2. The fraction of sp³-hybridized carbons (Fsp3) is 0.600. The molecule has 0 aromatic carbocycles. The van der Waals surface area contributed by atoms with Gasteiger partial charge in [0, 0.05) is 13.0 Å². The highest BCUT2D eigenvalue weighted by atomic mass is 16.5. The maximum atomic E-state index is 11.3. The Bertz CT molecular complexity index is 357. The van der Waals surface area contributed by atoms with Crippen LogP contribution in [0.4, 0.5) is 4.79 Å². The summed E-state index contributed by atoms with van der Waals surface area (Å²) in [5.41, 5.74) is 4.89. The van der Waals surface area contributed by atoms with Crippen LogP contribution in [0.15, 0.2) is 0 Å². The number of ether oxygens (including phenoxy) is 1. The predicted octanol–water partition coefficient (Wildman–Crippen LogP) is -1.43. The molecule has 0 saturated carbocycles. The molecule has 108 valence electrons. The van der Waals surface area contributed by atoms with Crippen molar-refractivity contribution in [2.45, 2.75) is 25.3 Å². The van der Waals surface area contributed by atoms with Gasteiger partial charge in [0.2, 0.25) is 5.91 Å². The number of carbonyl (C=O) groups excluding carboxylic acids is 3. The lowest BCUT2D eigenvalue weighted by Gasteiger charge is -2.14. The van der Waals surface area contributed by atoms with Crippen molar-refractivity contribution in [3.05, 3.63) is 0 Å². The Balaban J connectivity index is 4.06. The molecule has 9 heteroatoms. The average Bonchev–Trinajstić information content (AvgIpc) is 2.33. The van der Waals surface area contributed by atoms with Gasteiger partial charge in [0.15, 0.2) is 0 Å². The molecule has 0 aliphatic heterocycles. The van der Waals surface area contributed by atoms with Crippen LogP contribution in [0.25, 0.3) is 0 Å². The van der Waals surface area contributed by atoms with Gasteiger partial charge in [0.05, 0.1) is 13.5 Å². The van der Waals surface area contributed by atoms with Gasteiger partial charge in [-0.15, -0.1) is 0 Å². The van der Waals surface area contributed by atoms with Crippen LogP contribution in [-0.2, 0) is 19.1 Å². The fourth-order valence-corrected chi connectivity index (χ4v) is 1.13. The molecule has 0 rings (SSSR count). The molecule has 1 atom stereocenters. The average molecular weight is 275 g/mol. The number of carbonyl (C=O) groups is 4. The Morgan fingerprint density at radius 2 is 1.89 bits per heavy atom. The first-order chi connectivity index (χ1) is 8.86. The zero-order chi connectivity index (χ0) is 14.8. The van der Waals surface area contributed by atoms with E-state index in [0.29, 0.717) is 0 Å². The molecule has 19 heavy (non-hydrogen) atoms. The van der Waals surface area contributed by atoms with E-state index >= 15 is 0 Å². The number of aliphatic carboxylic acids is 1. The Kier molecular flexibility index (Phi) is 7.66. The summed E-state index contributed by atoms with van der Waals surface area (Å²) >= 11 is 0. The molecule has 9 nitrogen and oxygen atoms in total. The van der Waals surface area contributed by atoms with Crippen molar-refractivity contribution >= 4 is 23.9 Å². The Morgan fingerprint density at radius 3 is 2.37 bits per heavy atom. The van der Waals surface area contributed by atoms with Gasteiger partial charge in [-0.05, 0) is 6.42 Å². The summed E-state index contributed by atoms with van der Waals surface area (Å²) in [6, 6.07) is -1.97. The third kappa shape index (κ3) is 8.41. The van der Waals surface area contributed by atoms with Gasteiger partial charge >= 0.3 is 18.0 Å². The number of hydrogen-bond acceptors (Lipinski definition) is 5. The monoisotopic (exact) mass is 275 g/mol. The summed E-state index contributed by atoms with van der Waals surface area (Å²) in [6.07, 6.45) is -0.280. The number of amides is 3. The molecule has 0 aliphatic carbocycles. The number of urea groups is 1. The maximum Gasteiger partial charge on any atom is 0.326 e. The lowest BCUT2D eigenvalue weighted by molar-refractivity contribution is -0.141. The number of nitrogens with two attached hydrogens (primary N) is 1. The Hall–Kier alpha value is -2.32. The number of hydrogen-bond donors (Lipinski definition) is 4. The summed E-state index contributed by atoms with van der Waals surface area (Å²) in [5, 5.41) is 13.3. The van der Waals surface area contributed by atoms with E-state index in [1.807, 2.05) is 0 Å². The molecule has 0 heterocycles. The molecule has 0 fully saturated rings. The first-order valence-electron chi connectivity index (χ1n) is 5.49. The third-order valence-corrected chi connectivity index (χ3v) is 2.13. The highest BCUT2D eigenvalue weighted by Crippen LogP contribution is 1.97. The van der Waals surface area contributed by atoms with Crippen LogP contribution in [0.2, 0.25) is 0 Å². The Morgan fingerprint density at radius 1 is 1.26 bits per heavy atom. The van der Waals surface area contributed by atoms with Crippen molar-refractivity contribution in [1.82, 2.24) is 10.6 Å². The number of carboxylic acids is 1. The molecular weight excluding hydrogens is 258 g/mol. The minimum atomic E-state index is -1.27. The minimum Gasteiger partial charge on any atom is -0.480 e. The second-order valence-electron chi connectivity index (χ2n) is 3.62. The van der Waals surface area contributed by atoms with Gasteiger partial charge in [-0.1, -0.05) is 0 Å². The number of esters is 1. The molecule has 0 unspecified atom stereocenters. The molecular formula is C10H17N3O6. The molecule has 0 bridgehead atoms. The summed E-state index contributed by atoms with van der Waals surface area (Å²) in [6.45, 7) is 0.0145. The second kappa shape index (κ2) is 8.72. The highest BCUT2D eigenvalue weighted by molar-refractivity contribution is 5.83. The van der Waals surface area contributed by atoms with Crippen LogP contribution in [0.1, 0.15) is 19.3 Å². The number of carboxylic acid groups (broad SMARTS) is 1. The van der Waals surface area contributed by atoms with Crippen LogP contribution >= 0.6 is 0 Å². The maximum absolute atomic E-state index is 11.3. The molecule has 0 spiro atoms. The van der Waals surface area contributed by atoms with E-state index in [0.717, 1.165) is 0 Å². The van der Waals surface area contributed by atoms with Crippen LogP contribution in [0.3, 0.4) is 0 Å². The molecule has 0 aliphatic rings. The van der Waals surface area contributed by atoms with Crippen molar-refractivity contribution in [3.8, 4) is 0 Å². The van der Waals surface area contributed by atoms with Crippen molar-refractivity contribution in [3.63, 3.8) is 0 Å². The van der Waals surface area contributed by atoms with E-state index in [1.165, 1.54) is 7.11 Å². The van der Waals surface area contributed by atoms with Gasteiger partial charge in [0.1, 0.15) is 6.04 Å². The SMILES string of the molecule is COC(=O)CCNC(=O)N[C@H](CCC(N)=O)C(=O)O. The van der Waals surface area contributed by atoms with E-state index in [2.05, 4.69) is 15.4 Å². The minimum absolute atomic E-state index is 0.0145. The van der Waals surface area contributed by atoms with E-state index in [9.17, 15) is 19.2 Å². The standard InChI is InChI=1S/C10H17N3O6/c1-19-8(15)4-5-12-10(18)13-6(9(16)17)2-3-7(11)14/h6H,2-5H2,1H3,(H2,11,14)(H,16,17)(H2,12,13,18)/t6-/m1/s1. The van der Waals surface area contributed by atoms with Crippen molar-refractivity contribution in [2.75, 3.05) is 13.7 Å². The molecule has 0 aromatic rings. The van der Waals surface area contributed by atoms with Crippen molar-refractivity contribution < 1.29 is 29.0 Å². The summed E-state index contributed by atoms with van der Waals surface area (Å²) < 4.78 is 4.36. The summed E-state index contributed by atoms with van der Waals surface area (Å²) in [5.74, 6) is -2.42. The zero-order valence-corrected chi connectivity index (χ0v) is 10.5. The fourth-order valence-electron chi connectivity index (χ4n) is 1.13. The largest absolute Gasteiger partial charge is 0.480 e. The van der Waals surface area contributed by atoms with E-state index in [-0.39, 0.29) is 25.8 Å². The topological polar surface area (TPSA) is 148 Å². The number of nitrogens with one attached hydrogen (secondary N) is 2. The predicted molar refractivity (Wildman–Crippen MR) is 63.0 cm³/mol. The molecule has 0 radical (unpaired) electrons. The van der Waals surface area contributed by atoms with E-state index in [4.69, 9.17) is 10.8 Å². The van der Waals surface area contributed by atoms with Gasteiger partial charge in [-0.2, -0.15) is 0 Å².